The van der Waals surface area contributed by atoms with Crippen molar-refractivity contribution in [2.75, 3.05) is 13.9 Å². The van der Waals surface area contributed by atoms with Gasteiger partial charge in [0.2, 0.25) is 0 Å². The molecule has 0 spiro atoms. The minimum absolute atomic E-state index is 0.237. The molecule has 1 unspecified atom stereocenters. The molecule has 0 aliphatic rings. The Kier molecular flexibility index (Phi) is 15.1. The summed E-state index contributed by atoms with van der Waals surface area (Å²) in [7, 11) is 1.58. The second kappa shape index (κ2) is 15.5. The van der Waals surface area contributed by atoms with E-state index in [1.165, 1.54) is 57.6 Å². The molecule has 1 N–H and O–H groups in total. The molecule has 0 amide bonds. The number of rotatable bonds is 14. The monoisotopic (exact) mass is 272 g/mol. The van der Waals surface area contributed by atoms with Gasteiger partial charge in [-0.3, -0.25) is 0 Å². The van der Waals surface area contributed by atoms with E-state index in [4.69, 9.17) is 9.47 Å². The molecule has 1 atom stereocenters. The van der Waals surface area contributed by atoms with Crippen LogP contribution >= 0.6 is 0 Å². The van der Waals surface area contributed by atoms with Gasteiger partial charge < -0.3 is 14.6 Å². The van der Waals surface area contributed by atoms with Gasteiger partial charge in [0.1, 0.15) is 0 Å². The summed E-state index contributed by atoms with van der Waals surface area (Å²) in [5, 5.41) is 9.64. The lowest BCUT2D eigenvalue weighted by molar-refractivity contribution is 0.0186. The van der Waals surface area contributed by atoms with E-state index in [1.807, 2.05) is 0 Å². The molecule has 0 aliphatic heterocycles. The SMILES string of the molecule is CCCCCCCCCCCC(O)/C=C\OCOC. The van der Waals surface area contributed by atoms with E-state index in [1.54, 1.807) is 13.2 Å². The van der Waals surface area contributed by atoms with Gasteiger partial charge in [-0.05, 0) is 12.5 Å². The summed E-state index contributed by atoms with van der Waals surface area (Å²) in [6.07, 6.45) is 15.4. The Morgan fingerprint density at radius 2 is 1.53 bits per heavy atom. The average Bonchev–Trinajstić information content (AvgIpc) is 2.42. The van der Waals surface area contributed by atoms with Crippen LogP contribution in [-0.4, -0.2) is 25.1 Å². The maximum atomic E-state index is 9.64. The smallest absolute Gasteiger partial charge is 0.187 e. The Hall–Kier alpha value is -0.540. The highest BCUT2D eigenvalue weighted by atomic mass is 16.7. The molecule has 0 aromatic heterocycles. The second-order valence-corrected chi connectivity index (χ2v) is 5.09. The highest BCUT2D eigenvalue weighted by Gasteiger charge is 1.99. The van der Waals surface area contributed by atoms with Crippen LogP contribution in [0.1, 0.15) is 71.1 Å². The molecule has 0 saturated heterocycles. The Bertz CT molecular complexity index is 192. The van der Waals surface area contributed by atoms with E-state index < -0.39 is 0 Å². The summed E-state index contributed by atoms with van der Waals surface area (Å²) >= 11 is 0. The highest BCUT2D eigenvalue weighted by molar-refractivity contribution is 4.82. The molecule has 0 fully saturated rings. The van der Waals surface area contributed by atoms with Gasteiger partial charge in [0.25, 0.3) is 0 Å². The fraction of sp³-hybridized carbons (Fsp3) is 0.875. The second-order valence-electron chi connectivity index (χ2n) is 5.09. The van der Waals surface area contributed by atoms with Crippen LogP contribution in [0.15, 0.2) is 12.3 Å². The van der Waals surface area contributed by atoms with Gasteiger partial charge in [0.05, 0.1) is 12.4 Å². The summed E-state index contributed by atoms with van der Waals surface area (Å²) in [5.41, 5.74) is 0. The molecule has 114 valence electrons. The predicted octanol–water partition coefficient (Wildman–Crippen LogP) is 4.40. The van der Waals surface area contributed by atoms with Crippen LogP contribution in [0.5, 0.6) is 0 Å². The van der Waals surface area contributed by atoms with Crippen molar-refractivity contribution in [3.05, 3.63) is 12.3 Å². The van der Waals surface area contributed by atoms with E-state index in [-0.39, 0.29) is 12.9 Å². The fourth-order valence-electron chi connectivity index (χ4n) is 2.01. The molecule has 0 rings (SSSR count). The number of aliphatic hydroxyl groups excluding tert-OH is 1. The lowest BCUT2D eigenvalue weighted by Gasteiger charge is -2.06. The first-order valence-corrected chi connectivity index (χ1v) is 7.76. The number of hydrogen-bond acceptors (Lipinski definition) is 3. The molecule has 0 heterocycles. The Morgan fingerprint density at radius 1 is 0.947 bits per heavy atom. The van der Waals surface area contributed by atoms with Crippen molar-refractivity contribution in [1.82, 2.24) is 0 Å². The maximum Gasteiger partial charge on any atom is 0.187 e. The third kappa shape index (κ3) is 15.4. The minimum Gasteiger partial charge on any atom is -0.475 e. The summed E-state index contributed by atoms with van der Waals surface area (Å²) in [4.78, 5) is 0. The number of aliphatic hydroxyl groups is 1. The van der Waals surface area contributed by atoms with Gasteiger partial charge in [-0.25, -0.2) is 0 Å². The molecule has 0 aromatic rings. The first kappa shape index (κ1) is 18.5. The Labute approximate surface area is 119 Å². The zero-order valence-electron chi connectivity index (χ0n) is 12.8. The van der Waals surface area contributed by atoms with Crippen LogP contribution in [0.4, 0.5) is 0 Å². The Balaban J connectivity index is 3.18. The van der Waals surface area contributed by atoms with Gasteiger partial charge in [-0.2, -0.15) is 0 Å². The topological polar surface area (TPSA) is 38.7 Å². The summed E-state index contributed by atoms with van der Waals surface area (Å²) in [5.74, 6) is 0. The third-order valence-corrected chi connectivity index (χ3v) is 3.19. The van der Waals surface area contributed by atoms with Crippen molar-refractivity contribution in [3.63, 3.8) is 0 Å². The van der Waals surface area contributed by atoms with E-state index in [0.29, 0.717) is 0 Å². The van der Waals surface area contributed by atoms with Gasteiger partial charge in [0.15, 0.2) is 6.79 Å². The van der Waals surface area contributed by atoms with Crippen molar-refractivity contribution in [3.8, 4) is 0 Å². The number of hydrogen-bond donors (Lipinski definition) is 1. The third-order valence-electron chi connectivity index (χ3n) is 3.19. The molecule has 0 aromatic carbocycles. The average molecular weight is 272 g/mol. The summed E-state index contributed by atoms with van der Waals surface area (Å²) in [6.45, 7) is 2.49. The first-order chi connectivity index (χ1) is 9.31. The normalized spacial score (nSPS) is 13.0. The predicted molar refractivity (Wildman–Crippen MR) is 80.0 cm³/mol. The van der Waals surface area contributed by atoms with Crippen molar-refractivity contribution in [2.24, 2.45) is 0 Å². The van der Waals surface area contributed by atoms with Crippen LogP contribution in [0, 0.1) is 0 Å². The molecule has 19 heavy (non-hydrogen) atoms. The molecule has 0 saturated carbocycles. The van der Waals surface area contributed by atoms with Gasteiger partial charge in [-0.15, -0.1) is 0 Å². The van der Waals surface area contributed by atoms with Crippen LogP contribution < -0.4 is 0 Å². The zero-order valence-corrected chi connectivity index (χ0v) is 12.8. The van der Waals surface area contributed by atoms with E-state index >= 15 is 0 Å². The maximum absolute atomic E-state index is 9.64. The largest absolute Gasteiger partial charge is 0.475 e. The minimum atomic E-state index is -0.388. The molecular formula is C16H32O3. The van der Waals surface area contributed by atoms with Crippen molar-refractivity contribution < 1.29 is 14.6 Å². The van der Waals surface area contributed by atoms with Crippen LogP contribution in [0.2, 0.25) is 0 Å². The molecule has 0 aliphatic carbocycles. The van der Waals surface area contributed by atoms with E-state index in [9.17, 15) is 5.11 Å². The molecule has 3 heteroatoms. The van der Waals surface area contributed by atoms with Crippen LogP contribution in [0.25, 0.3) is 0 Å². The van der Waals surface area contributed by atoms with Crippen molar-refractivity contribution in [2.45, 2.75) is 77.2 Å². The van der Waals surface area contributed by atoms with Crippen molar-refractivity contribution >= 4 is 0 Å². The van der Waals surface area contributed by atoms with Crippen LogP contribution in [0.3, 0.4) is 0 Å². The molecule has 3 nitrogen and oxygen atoms in total. The molecular weight excluding hydrogens is 240 g/mol. The summed E-state index contributed by atoms with van der Waals surface area (Å²) in [6, 6.07) is 0. The van der Waals surface area contributed by atoms with Crippen LogP contribution in [-0.2, 0) is 9.47 Å². The Morgan fingerprint density at radius 3 is 2.11 bits per heavy atom. The number of ether oxygens (including phenoxy) is 2. The van der Waals surface area contributed by atoms with E-state index in [0.717, 1.165) is 12.8 Å². The van der Waals surface area contributed by atoms with Gasteiger partial charge >= 0.3 is 0 Å². The summed E-state index contributed by atoms with van der Waals surface area (Å²) < 4.78 is 9.71. The van der Waals surface area contributed by atoms with E-state index in [2.05, 4.69) is 6.92 Å². The quantitative estimate of drug-likeness (QED) is 0.289. The lowest BCUT2D eigenvalue weighted by Crippen LogP contribution is -2.02. The molecule has 0 radical (unpaired) electrons. The number of unbranched alkanes of at least 4 members (excludes halogenated alkanes) is 8. The van der Waals surface area contributed by atoms with Crippen molar-refractivity contribution in [1.29, 1.82) is 0 Å². The molecule has 0 bridgehead atoms. The lowest BCUT2D eigenvalue weighted by atomic mass is 10.1. The first-order valence-electron chi connectivity index (χ1n) is 7.76. The standard InChI is InChI=1S/C16H32O3/c1-3-4-5-6-7-8-9-10-11-12-16(17)13-14-19-15-18-2/h13-14,16-17H,3-12,15H2,1-2H3/b14-13-. The number of methoxy groups -OCH3 is 1. The zero-order chi connectivity index (χ0) is 14.2. The fourth-order valence-corrected chi connectivity index (χ4v) is 2.01. The van der Waals surface area contributed by atoms with Gasteiger partial charge in [0, 0.05) is 7.11 Å². The van der Waals surface area contributed by atoms with Gasteiger partial charge in [-0.1, -0.05) is 64.7 Å². The highest BCUT2D eigenvalue weighted by Crippen LogP contribution is 2.11.